The summed E-state index contributed by atoms with van der Waals surface area (Å²) in [7, 11) is 0. The van der Waals surface area contributed by atoms with Crippen molar-refractivity contribution in [1.82, 2.24) is 5.43 Å². The van der Waals surface area contributed by atoms with Gasteiger partial charge in [0.05, 0.1) is 5.69 Å². The molecule has 0 aliphatic rings. The van der Waals surface area contributed by atoms with Crippen LogP contribution in [0.15, 0.2) is 58.6 Å². The molecule has 5 heteroatoms. The lowest BCUT2D eigenvalue weighted by Gasteiger charge is -2.00. The van der Waals surface area contributed by atoms with E-state index in [4.69, 9.17) is 11.5 Å². The summed E-state index contributed by atoms with van der Waals surface area (Å²) in [6.45, 7) is 2.02. The Morgan fingerprint density at radius 1 is 1.05 bits per heavy atom. The van der Waals surface area contributed by atoms with Crippen molar-refractivity contribution >= 4 is 23.5 Å². The van der Waals surface area contributed by atoms with Crippen molar-refractivity contribution in [1.29, 1.82) is 0 Å². The summed E-state index contributed by atoms with van der Waals surface area (Å²) in [5, 5.41) is 4.03. The Morgan fingerprint density at radius 3 is 2.35 bits per heavy atom. The highest BCUT2D eigenvalue weighted by Crippen LogP contribution is 2.12. The van der Waals surface area contributed by atoms with Crippen LogP contribution in [-0.2, 0) is 0 Å². The van der Waals surface area contributed by atoms with Gasteiger partial charge in [0.25, 0.3) is 0 Å². The van der Waals surface area contributed by atoms with Gasteiger partial charge < -0.3 is 11.5 Å². The molecule has 0 saturated heterocycles. The molecule has 20 heavy (non-hydrogen) atoms. The van der Waals surface area contributed by atoms with Gasteiger partial charge in [-0.15, -0.1) is 0 Å². The zero-order valence-corrected chi connectivity index (χ0v) is 11.2. The summed E-state index contributed by atoms with van der Waals surface area (Å²) in [6, 6.07) is 15.0. The maximum atomic E-state index is 5.85. The highest BCUT2D eigenvalue weighted by Gasteiger charge is 1.96. The number of anilines is 1. The van der Waals surface area contributed by atoms with Crippen LogP contribution in [0.3, 0.4) is 0 Å². The zero-order valence-electron chi connectivity index (χ0n) is 11.2. The third kappa shape index (κ3) is 3.84. The van der Waals surface area contributed by atoms with Gasteiger partial charge >= 0.3 is 0 Å². The Hall–Kier alpha value is -2.82. The average Bonchev–Trinajstić information content (AvgIpc) is 2.46. The van der Waals surface area contributed by atoms with Crippen LogP contribution in [0.4, 0.5) is 11.4 Å². The number of nitrogens with two attached hydrogens (primary N) is 2. The number of rotatable bonds is 4. The van der Waals surface area contributed by atoms with Crippen molar-refractivity contribution in [2.75, 3.05) is 5.73 Å². The first-order chi connectivity index (χ1) is 9.65. The molecule has 0 heterocycles. The third-order valence-corrected chi connectivity index (χ3v) is 2.70. The van der Waals surface area contributed by atoms with E-state index >= 15 is 0 Å². The van der Waals surface area contributed by atoms with E-state index in [1.54, 1.807) is 12.1 Å². The fourth-order valence-corrected chi connectivity index (χ4v) is 1.55. The molecule has 0 saturated carbocycles. The van der Waals surface area contributed by atoms with Crippen molar-refractivity contribution in [3.8, 4) is 0 Å². The SMILES string of the molecule is Cc1ccc(C(N)=NNC=Nc2ccc(N)cc2)cc1. The lowest BCUT2D eigenvalue weighted by molar-refractivity contribution is 1.04. The van der Waals surface area contributed by atoms with E-state index in [9.17, 15) is 0 Å². The van der Waals surface area contributed by atoms with E-state index in [0.29, 0.717) is 11.5 Å². The number of amidine groups is 1. The molecule has 0 aromatic heterocycles. The first kappa shape index (κ1) is 13.6. The molecule has 2 aromatic carbocycles. The molecule has 0 radical (unpaired) electrons. The Labute approximate surface area is 118 Å². The monoisotopic (exact) mass is 267 g/mol. The second-order valence-corrected chi connectivity index (χ2v) is 4.34. The largest absolute Gasteiger partial charge is 0.399 e. The van der Waals surface area contributed by atoms with Crippen LogP contribution in [0.2, 0.25) is 0 Å². The van der Waals surface area contributed by atoms with Crippen LogP contribution in [-0.4, -0.2) is 12.2 Å². The molecular formula is C15H17N5. The number of benzene rings is 2. The predicted octanol–water partition coefficient (Wildman–Crippen LogP) is 2.15. The van der Waals surface area contributed by atoms with Gasteiger partial charge in [-0.25, -0.2) is 4.99 Å². The maximum Gasteiger partial charge on any atom is 0.150 e. The van der Waals surface area contributed by atoms with Gasteiger partial charge in [-0.2, -0.15) is 5.10 Å². The number of hydrogen-bond donors (Lipinski definition) is 3. The number of hydrogen-bond acceptors (Lipinski definition) is 3. The van der Waals surface area contributed by atoms with Gasteiger partial charge in [-0.05, 0) is 31.2 Å². The Kier molecular flexibility index (Phi) is 4.34. The molecule has 2 aromatic rings. The average molecular weight is 267 g/mol. The fraction of sp³-hybridized carbons (Fsp3) is 0.0667. The fourth-order valence-electron chi connectivity index (χ4n) is 1.55. The number of nitrogens with zero attached hydrogens (tertiary/aromatic N) is 2. The Balaban J connectivity index is 1.95. The van der Waals surface area contributed by atoms with E-state index < -0.39 is 0 Å². The standard InChI is InChI=1S/C15H17N5/c1-11-2-4-12(5-3-11)15(17)20-19-10-18-14-8-6-13(16)7-9-14/h2-10H,16H2,1H3,(H2,17,20)(H,18,19). The van der Waals surface area contributed by atoms with Gasteiger partial charge in [-0.1, -0.05) is 29.8 Å². The summed E-state index contributed by atoms with van der Waals surface area (Å²) in [4.78, 5) is 4.17. The highest BCUT2D eigenvalue weighted by molar-refractivity contribution is 5.97. The Morgan fingerprint density at radius 2 is 1.70 bits per heavy atom. The normalized spacial score (nSPS) is 11.8. The topological polar surface area (TPSA) is 88.8 Å². The third-order valence-electron chi connectivity index (χ3n) is 2.70. The molecule has 0 aliphatic heterocycles. The molecule has 0 aliphatic carbocycles. The van der Waals surface area contributed by atoms with Crippen LogP contribution < -0.4 is 16.9 Å². The van der Waals surface area contributed by atoms with Crippen molar-refractivity contribution in [3.63, 3.8) is 0 Å². The quantitative estimate of drug-likeness (QED) is 0.343. The van der Waals surface area contributed by atoms with Crippen LogP contribution in [0, 0.1) is 6.92 Å². The molecule has 5 nitrogen and oxygen atoms in total. The van der Waals surface area contributed by atoms with Crippen LogP contribution >= 0.6 is 0 Å². The maximum absolute atomic E-state index is 5.85. The highest BCUT2D eigenvalue weighted by atomic mass is 15.3. The summed E-state index contributed by atoms with van der Waals surface area (Å²) < 4.78 is 0. The minimum absolute atomic E-state index is 0.411. The van der Waals surface area contributed by atoms with Gasteiger partial charge in [0.2, 0.25) is 0 Å². The van der Waals surface area contributed by atoms with E-state index in [0.717, 1.165) is 11.3 Å². The minimum atomic E-state index is 0.411. The van der Waals surface area contributed by atoms with Crippen molar-refractivity contribution < 1.29 is 0 Å². The van der Waals surface area contributed by atoms with Crippen LogP contribution in [0.1, 0.15) is 11.1 Å². The smallest absolute Gasteiger partial charge is 0.150 e. The van der Waals surface area contributed by atoms with Crippen molar-refractivity contribution in [2.45, 2.75) is 6.92 Å². The molecule has 5 N–H and O–H groups in total. The summed E-state index contributed by atoms with van der Waals surface area (Å²) in [6.07, 6.45) is 1.48. The molecule has 0 fully saturated rings. The van der Waals surface area contributed by atoms with E-state index in [1.807, 2.05) is 43.3 Å². The second kappa shape index (κ2) is 6.38. The molecule has 0 bridgehead atoms. The number of aliphatic imine (C=N–C) groups is 1. The van der Waals surface area contributed by atoms with E-state index in [-0.39, 0.29) is 0 Å². The van der Waals surface area contributed by atoms with E-state index in [1.165, 1.54) is 11.9 Å². The van der Waals surface area contributed by atoms with Gasteiger partial charge in [0, 0.05) is 11.3 Å². The van der Waals surface area contributed by atoms with Crippen LogP contribution in [0.5, 0.6) is 0 Å². The summed E-state index contributed by atoms with van der Waals surface area (Å²) >= 11 is 0. The molecular weight excluding hydrogens is 250 g/mol. The Bertz CT molecular complexity index is 612. The first-order valence-corrected chi connectivity index (χ1v) is 6.19. The molecule has 0 atom stereocenters. The van der Waals surface area contributed by atoms with Gasteiger partial charge in [-0.3, -0.25) is 5.43 Å². The molecule has 2 rings (SSSR count). The predicted molar refractivity (Wildman–Crippen MR) is 84.0 cm³/mol. The number of aryl methyl sites for hydroxylation is 1. The lowest BCUT2D eigenvalue weighted by atomic mass is 10.1. The molecule has 0 unspecified atom stereocenters. The zero-order chi connectivity index (χ0) is 14.4. The van der Waals surface area contributed by atoms with Crippen molar-refractivity contribution in [2.24, 2.45) is 15.8 Å². The van der Waals surface area contributed by atoms with Gasteiger partial charge in [0.1, 0.15) is 6.34 Å². The van der Waals surface area contributed by atoms with Gasteiger partial charge in [0.15, 0.2) is 5.84 Å². The second-order valence-electron chi connectivity index (χ2n) is 4.34. The number of hydrazone groups is 1. The lowest BCUT2D eigenvalue weighted by Crippen LogP contribution is -2.18. The molecule has 102 valence electrons. The number of nitrogen functional groups attached to an aromatic ring is 1. The minimum Gasteiger partial charge on any atom is -0.399 e. The molecule has 0 spiro atoms. The first-order valence-electron chi connectivity index (χ1n) is 6.19. The van der Waals surface area contributed by atoms with E-state index in [2.05, 4.69) is 15.5 Å². The number of nitrogens with one attached hydrogen (secondary N) is 1. The summed E-state index contributed by atoms with van der Waals surface area (Å²) in [5.41, 5.74) is 17.7. The molecule has 0 amide bonds. The summed E-state index contributed by atoms with van der Waals surface area (Å²) in [5.74, 6) is 0.411. The van der Waals surface area contributed by atoms with Crippen molar-refractivity contribution in [3.05, 3.63) is 59.7 Å². The van der Waals surface area contributed by atoms with Crippen LogP contribution in [0.25, 0.3) is 0 Å².